The number of hydrogen-bond acceptors (Lipinski definition) is 4. The lowest BCUT2D eigenvalue weighted by Crippen LogP contribution is -2.29. The fraction of sp³-hybridized carbons (Fsp3) is 0.333. The zero-order valence-corrected chi connectivity index (χ0v) is 11.1. The summed E-state index contributed by atoms with van der Waals surface area (Å²) in [6.45, 7) is 0.475. The highest BCUT2D eigenvalue weighted by atomic mass is 79.9. The molecule has 1 rings (SSSR count). The van der Waals surface area contributed by atoms with Crippen molar-refractivity contribution in [3.05, 3.63) is 22.7 Å². The smallest absolute Gasteiger partial charge is 0.240 e. The fourth-order valence-corrected chi connectivity index (χ4v) is 2.86. The van der Waals surface area contributed by atoms with E-state index < -0.39 is 10.0 Å². The monoisotopic (exact) mass is 308 g/mol. The van der Waals surface area contributed by atoms with Gasteiger partial charge in [0.15, 0.2) is 0 Å². The Bertz CT molecular complexity index is 462. The Hall–Kier alpha value is -0.630. The zero-order valence-electron chi connectivity index (χ0n) is 8.73. The Morgan fingerprint density at radius 3 is 2.69 bits per heavy atom. The zero-order chi connectivity index (χ0) is 12.2. The van der Waals surface area contributed by atoms with E-state index in [0.29, 0.717) is 10.2 Å². The molecule has 90 valence electrons. The molecule has 1 aromatic rings. The van der Waals surface area contributed by atoms with Crippen LogP contribution in [0.15, 0.2) is 27.6 Å². The molecule has 0 aliphatic carbocycles. The summed E-state index contributed by atoms with van der Waals surface area (Å²) >= 11 is 3.23. The number of nitrogens with one attached hydrogen (secondary N) is 1. The van der Waals surface area contributed by atoms with Gasteiger partial charge in [0.2, 0.25) is 10.0 Å². The van der Waals surface area contributed by atoms with Crippen LogP contribution in [0.3, 0.4) is 0 Å². The third-order valence-electron chi connectivity index (χ3n) is 1.87. The van der Waals surface area contributed by atoms with Crippen LogP contribution in [0.5, 0.6) is 5.75 Å². The lowest BCUT2D eigenvalue weighted by molar-refractivity contribution is 0.411. The van der Waals surface area contributed by atoms with E-state index in [1.807, 2.05) is 0 Å². The first-order valence-corrected chi connectivity index (χ1v) is 6.82. The molecule has 0 amide bonds. The van der Waals surface area contributed by atoms with Gasteiger partial charge in [0.05, 0.1) is 16.5 Å². The molecule has 0 aliphatic heterocycles. The molecule has 0 saturated carbocycles. The molecule has 7 heteroatoms. The highest BCUT2D eigenvalue weighted by Gasteiger charge is 2.14. The maximum Gasteiger partial charge on any atom is 0.240 e. The summed E-state index contributed by atoms with van der Waals surface area (Å²) in [4.78, 5) is 0.175. The van der Waals surface area contributed by atoms with E-state index in [1.165, 1.54) is 19.2 Å². The van der Waals surface area contributed by atoms with Crippen molar-refractivity contribution in [2.45, 2.75) is 4.90 Å². The third kappa shape index (κ3) is 3.18. The predicted molar refractivity (Wildman–Crippen MR) is 64.9 cm³/mol. The van der Waals surface area contributed by atoms with Gasteiger partial charge in [-0.25, -0.2) is 13.1 Å². The molecular weight excluding hydrogens is 296 g/mol. The molecule has 0 aliphatic rings. The number of halogens is 1. The first-order chi connectivity index (χ1) is 7.51. The Morgan fingerprint density at radius 1 is 1.50 bits per heavy atom. The van der Waals surface area contributed by atoms with Crippen molar-refractivity contribution in [2.75, 3.05) is 20.2 Å². The number of benzene rings is 1. The summed E-state index contributed by atoms with van der Waals surface area (Å²) in [5.41, 5.74) is 5.23. The van der Waals surface area contributed by atoms with Gasteiger partial charge in [-0.05, 0) is 34.1 Å². The highest BCUT2D eigenvalue weighted by Crippen LogP contribution is 2.27. The normalized spacial score (nSPS) is 11.4. The van der Waals surface area contributed by atoms with Gasteiger partial charge in [0.25, 0.3) is 0 Å². The SMILES string of the molecule is COc1ccc(S(=O)(=O)NCCN)cc1Br. The van der Waals surface area contributed by atoms with Gasteiger partial charge < -0.3 is 10.5 Å². The second-order valence-corrected chi connectivity index (χ2v) is 5.60. The largest absolute Gasteiger partial charge is 0.496 e. The van der Waals surface area contributed by atoms with Gasteiger partial charge in [-0.3, -0.25) is 0 Å². The number of ether oxygens (including phenoxy) is 1. The standard InChI is InChI=1S/C9H13BrN2O3S/c1-15-9-3-2-7(6-8(9)10)16(13,14)12-5-4-11/h2-3,6,12H,4-5,11H2,1H3. The van der Waals surface area contributed by atoms with Crippen molar-refractivity contribution < 1.29 is 13.2 Å². The van der Waals surface area contributed by atoms with Crippen molar-refractivity contribution in [1.82, 2.24) is 4.72 Å². The second-order valence-electron chi connectivity index (χ2n) is 2.98. The van der Waals surface area contributed by atoms with Crippen molar-refractivity contribution in [1.29, 1.82) is 0 Å². The van der Waals surface area contributed by atoms with Crippen LogP contribution in [0.4, 0.5) is 0 Å². The summed E-state index contributed by atoms with van der Waals surface area (Å²) in [6, 6.07) is 4.54. The quantitative estimate of drug-likeness (QED) is 0.839. The molecule has 0 atom stereocenters. The van der Waals surface area contributed by atoms with Crippen LogP contribution in [0, 0.1) is 0 Å². The predicted octanol–water partition coefficient (Wildman–Crippen LogP) is 0.695. The molecular formula is C9H13BrN2O3S. The minimum atomic E-state index is -3.49. The molecule has 0 spiro atoms. The molecule has 0 heterocycles. The average Bonchev–Trinajstić information content (AvgIpc) is 2.26. The van der Waals surface area contributed by atoms with E-state index in [2.05, 4.69) is 20.7 Å². The minimum absolute atomic E-state index is 0.175. The van der Waals surface area contributed by atoms with Crippen molar-refractivity contribution >= 4 is 26.0 Å². The van der Waals surface area contributed by atoms with Gasteiger partial charge in [-0.2, -0.15) is 0 Å². The van der Waals surface area contributed by atoms with Crippen LogP contribution >= 0.6 is 15.9 Å². The van der Waals surface area contributed by atoms with E-state index >= 15 is 0 Å². The van der Waals surface area contributed by atoms with Crippen molar-refractivity contribution in [3.63, 3.8) is 0 Å². The van der Waals surface area contributed by atoms with E-state index in [-0.39, 0.29) is 18.0 Å². The lowest BCUT2D eigenvalue weighted by atomic mass is 10.3. The first-order valence-electron chi connectivity index (χ1n) is 4.54. The maximum atomic E-state index is 11.7. The number of methoxy groups -OCH3 is 1. The second kappa shape index (κ2) is 5.62. The number of nitrogens with two attached hydrogens (primary N) is 1. The molecule has 0 saturated heterocycles. The van der Waals surface area contributed by atoms with E-state index in [4.69, 9.17) is 10.5 Å². The first kappa shape index (κ1) is 13.4. The Kier molecular flexibility index (Phi) is 4.72. The van der Waals surface area contributed by atoms with Crippen molar-refractivity contribution in [2.24, 2.45) is 5.73 Å². The van der Waals surface area contributed by atoms with Gasteiger partial charge >= 0.3 is 0 Å². The summed E-state index contributed by atoms with van der Waals surface area (Å²) in [5.74, 6) is 0.581. The molecule has 0 bridgehead atoms. The highest BCUT2D eigenvalue weighted by molar-refractivity contribution is 9.10. The summed E-state index contributed by atoms with van der Waals surface area (Å²) in [7, 11) is -1.97. The number of hydrogen-bond donors (Lipinski definition) is 2. The lowest BCUT2D eigenvalue weighted by Gasteiger charge is -2.08. The van der Waals surface area contributed by atoms with Crippen LogP contribution in [0.25, 0.3) is 0 Å². The van der Waals surface area contributed by atoms with Crippen LogP contribution in [0.1, 0.15) is 0 Å². The fourth-order valence-electron chi connectivity index (χ4n) is 1.09. The molecule has 0 aromatic heterocycles. The van der Waals surface area contributed by atoms with E-state index in [1.54, 1.807) is 6.07 Å². The topological polar surface area (TPSA) is 81.4 Å². The Balaban J connectivity index is 3.01. The minimum Gasteiger partial charge on any atom is -0.496 e. The van der Waals surface area contributed by atoms with Crippen molar-refractivity contribution in [3.8, 4) is 5.75 Å². The van der Waals surface area contributed by atoms with Gasteiger partial charge in [-0.1, -0.05) is 0 Å². The number of rotatable bonds is 5. The number of sulfonamides is 1. The third-order valence-corrected chi connectivity index (χ3v) is 3.95. The summed E-state index contributed by atoms with van der Waals surface area (Å²) in [5, 5.41) is 0. The van der Waals surface area contributed by atoms with E-state index in [0.717, 1.165) is 0 Å². The van der Waals surface area contributed by atoms with Crippen LogP contribution < -0.4 is 15.2 Å². The van der Waals surface area contributed by atoms with Crippen LogP contribution in [-0.4, -0.2) is 28.6 Å². The summed E-state index contributed by atoms with van der Waals surface area (Å²) in [6.07, 6.45) is 0. The molecule has 3 N–H and O–H groups in total. The Morgan fingerprint density at radius 2 is 2.19 bits per heavy atom. The van der Waals surface area contributed by atoms with Gasteiger partial charge in [0.1, 0.15) is 5.75 Å². The molecule has 16 heavy (non-hydrogen) atoms. The maximum absolute atomic E-state index is 11.7. The molecule has 5 nitrogen and oxygen atoms in total. The molecule has 0 unspecified atom stereocenters. The van der Waals surface area contributed by atoms with Gasteiger partial charge in [-0.15, -0.1) is 0 Å². The molecule has 0 fully saturated rings. The van der Waals surface area contributed by atoms with Crippen LogP contribution in [0.2, 0.25) is 0 Å². The van der Waals surface area contributed by atoms with E-state index in [9.17, 15) is 8.42 Å². The van der Waals surface area contributed by atoms with Crippen LogP contribution in [-0.2, 0) is 10.0 Å². The Labute approximate surface area is 103 Å². The molecule has 0 radical (unpaired) electrons. The summed E-state index contributed by atoms with van der Waals surface area (Å²) < 4.78 is 31.4. The average molecular weight is 309 g/mol. The molecule has 1 aromatic carbocycles. The van der Waals surface area contributed by atoms with Gasteiger partial charge in [0, 0.05) is 13.1 Å².